The van der Waals surface area contributed by atoms with E-state index in [0.717, 1.165) is 11.3 Å². The smallest absolute Gasteiger partial charge is 0.0543 e. The van der Waals surface area contributed by atoms with E-state index in [9.17, 15) is 0 Å². The number of allylic oxidation sites excluding steroid dienone is 4. The average molecular weight is 648 g/mol. The van der Waals surface area contributed by atoms with Crippen LogP contribution in [0.4, 0.5) is 17.1 Å². The fourth-order valence-electron chi connectivity index (χ4n) is 8.59. The first-order valence-electron chi connectivity index (χ1n) is 17.9. The molecule has 0 saturated carbocycles. The first kappa shape index (κ1) is 31.8. The highest BCUT2D eigenvalue weighted by molar-refractivity contribution is 6.10. The van der Waals surface area contributed by atoms with Crippen LogP contribution in [-0.4, -0.2) is 0 Å². The number of hydrogen-bond donors (Lipinski definition) is 0. The van der Waals surface area contributed by atoms with Gasteiger partial charge in [0, 0.05) is 28.1 Å². The third-order valence-corrected chi connectivity index (χ3v) is 11.4. The number of rotatable bonds is 6. The molecular weight excluding hydrogens is 603 g/mol. The Hall–Kier alpha value is -5.40. The fourth-order valence-corrected chi connectivity index (χ4v) is 8.59. The maximum absolute atomic E-state index is 4.22. The monoisotopic (exact) mass is 647 g/mol. The summed E-state index contributed by atoms with van der Waals surface area (Å²) in [5.41, 5.74) is 17.7. The average Bonchev–Trinajstić information content (AvgIpc) is 3.35. The zero-order chi connectivity index (χ0) is 34.7. The molecule has 2 aliphatic carbocycles. The SMILES string of the molecule is C=Cc1ccc(N(c2cccc(C3C=CC=CC3C)c2C)c2cc3c(c4ccccc24)-c2ccc(C)cc2C3(C)C)cc1-c1ccccc1C. The molecule has 246 valence electrons. The van der Waals surface area contributed by atoms with Crippen molar-refractivity contribution >= 4 is 33.9 Å². The molecule has 0 bridgehead atoms. The van der Waals surface area contributed by atoms with Crippen molar-refractivity contribution in [3.05, 3.63) is 179 Å². The van der Waals surface area contributed by atoms with E-state index in [1.807, 2.05) is 6.08 Å². The molecule has 0 amide bonds. The van der Waals surface area contributed by atoms with Gasteiger partial charge in [-0.05, 0) is 112 Å². The lowest BCUT2D eigenvalue weighted by Crippen LogP contribution is -2.18. The zero-order valence-corrected chi connectivity index (χ0v) is 30.1. The first-order valence-corrected chi connectivity index (χ1v) is 17.9. The molecule has 2 atom stereocenters. The van der Waals surface area contributed by atoms with Gasteiger partial charge in [-0.15, -0.1) is 0 Å². The number of hydrogen-bond acceptors (Lipinski definition) is 1. The van der Waals surface area contributed by atoms with Gasteiger partial charge in [-0.1, -0.05) is 148 Å². The van der Waals surface area contributed by atoms with E-state index in [1.54, 1.807) is 0 Å². The van der Waals surface area contributed by atoms with Crippen molar-refractivity contribution in [3.63, 3.8) is 0 Å². The Morgan fingerprint density at radius 2 is 1.42 bits per heavy atom. The molecule has 2 aliphatic rings. The number of benzene rings is 6. The molecule has 0 heterocycles. The van der Waals surface area contributed by atoms with Crippen LogP contribution in [-0.2, 0) is 5.41 Å². The van der Waals surface area contributed by atoms with Crippen molar-refractivity contribution in [3.8, 4) is 22.3 Å². The number of anilines is 3. The lowest BCUT2D eigenvalue weighted by Gasteiger charge is -2.33. The molecule has 0 spiro atoms. The summed E-state index contributed by atoms with van der Waals surface area (Å²) in [7, 11) is 0. The van der Waals surface area contributed by atoms with Crippen molar-refractivity contribution in [1.29, 1.82) is 0 Å². The highest BCUT2D eigenvalue weighted by Crippen LogP contribution is 2.55. The Balaban J connectivity index is 1.45. The van der Waals surface area contributed by atoms with Gasteiger partial charge < -0.3 is 4.90 Å². The van der Waals surface area contributed by atoms with Crippen molar-refractivity contribution < 1.29 is 0 Å². The maximum Gasteiger partial charge on any atom is 0.0543 e. The second kappa shape index (κ2) is 12.2. The Morgan fingerprint density at radius 1 is 0.660 bits per heavy atom. The van der Waals surface area contributed by atoms with Gasteiger partial charge >= 0.3 is 0 Å². The molecule has 0 radical (unpaired) electrons. The highest BCUT2D eigenvalue weighted by Gasteiger charge is 2.38. The Bertz CT molecular complexity index is 2380. The van der Waals surface area contributed by atoms with Crippen LogP contribution < -0.4 is 4.90 Å². The minimum Gasteiger partial charge on any atom is -0.310 e. The summed E-state index contributed by atoms with van der Waals surface area (Å²) < 4.78 is 0. The maximum atomic E-state index is 4.22. The molecule has 2 unspecified atom stereocenters. The molecule has 0 N–H and O–H groups in total. The first-order chi connectivity index (χ1) is 24.2. The van der Waals surface area contributed by atoms with Crippen LogP contribution in [0.25, 0.3) is 39.1 Å². The van der Waals surface area contributed by atoms with E-state index in [1.165, 1.54) is 77.8 Å². The van der Waals surface area contributed by atoms with Crippen LogP contribution in [0.1, 0.15) is 65.6 Å². The van der Waals surface area contributed by atoms with Gasteiger partial charge in [-0.25, -0.2) is 0 Å². The van der Waals surface area contributed by atoms with E-state index in [0.29, 0.717) is 11.8 Å². The van der Waals surface area contributed by atoms with Gasteiger partial charge in [0.05, 0.1) is 5.69 Å². The zero-order valence-electron chi connectivity index (χ0n) is 30.1. The predicted molar refractivity (Wildman–Crippen MR) is 216 cm³/mol. The van der Waals surface area contributed by atoms with Gasteiger partial charge in [-0.3, -0.25) is 0 Å². The molecule has 50 heavy (non-hydrogen) atoms. The summed E-state index contributed by atoms with van der Waals surface area (Å²) in [5.74, 6) is 0.742. The van der Waals surface area contributed by atoms with Crippen molar-refractivity contribution in [2.75, 3.05) is 4.90 Å². The van der Waals surface area contributed by atoms with Gasteiger partial charge in [0.2, 0.25) is 0 Å². The van der Waals surface area contributed by atoms with Crippen LogP contribution in [0, 0.1) is 26.7 Å². The van der Waals surface area contributed by atoms with Gasteiger partial charge in [0.15, 0.2) is 0 Å². The third kappa shape index (κ3) is 4.99. The summed E-state index contributed by atoms with van der Waals surface area (Å²) in [6.45, 7) is 18.1. The van der Waals surface area contributed by atoms with Crippen molar-refractivity contribution in [2.45, 2.75) is 52.9 Å². The summed E-state index contributed by atoms with van der Waals surface area (Å²) in [6.07, 6.45) is 11.1. The van der Waals surface area contributed by atoms with E-state index in [-0.39, 0.29) is 5.41 Å². The summed E-state index contributed by atoms with van der Waals surface area (Å²) in [6, 6.07) is 41.0. The third-order valence-electron chi connectivity index (χ3n) is 11.4. The Morgan fingerprint density at radius 3 is 2.20 bits per heavy atom. The molecule has 1 heteroatoms. The lowest BCUT2D eigenvalue weighted by molar-refractivity contribution is 0.632. The molecule has 0 aliphatic heterocycles. The number of aryl methyl sites for hydroxylation is 2. The van der Waals surface area contributed by atoms with E-state index in [2.05, 4.69) is 187 Å². The normalized spacial score (nSPS) is 17.1. The van der Waals surface area contributed by atoms with Crippen LogP contribution in [0.5, 0.6) is 0 Å². The second-order valence-corrected chi connectivity index (χ2v) is 14.8. The van der Waals surface area contributed by atoms with E-state index in [4.69, 9.17) is 0 Å². The molecule has 8 rings (SSSR count). The lowest BCUT2D eigenvalue weighted by atomic mass is 9.81. The molecule has 6 aromatic rings. The van der Waals surface area contributed by atoms with Crippen LogP contribution >= 0.6 is 0 Å². The van der Waals surface area contributed by atoms with Crippen molar-refractivity contribution in [2.24, 2.45) is 5.92 Å². The van der Waals surface area contributed by atoms with E-state index >= 15 is 0 Å². The fraction of sp³-hybridized carbons (Fsp3) is 0.184. The Kier molecular flexibility index (Phi) is 7.76. The number of nitrogens with zero attached hydrogens (tertiary/aromatic N) is 1. The topological polar surface area (TPSA) is 3.24 Å². The molecule has 6 aromatic carbocycles. The molecular formula is C49H45N. The molecule has 0 saturated heterocycles. The van der Waals surface area contributed by atoms with Crippen molar-refractivity contribution in [1.82, 2.24) is 0 Å². The molecule has 1 nitrogen and oxygen atoms in total. The second-order valence-electron chi connectivity index (χ2n) is 14.8. The largest absolute Gasteiger partial charge is 0.310 e. The van der Waals surface area contributed by atoms with Crippen LogP contribution in [0.2, 0.25) is 0 Å². The standard InChI is InChI=1S/C49H45N/c1-8-35-25-26-36(29-43(35)38-19-12-10-17-33(38)4)50(46-23-15-22-39(34(46)5)37-18-11-9-16-32(37)3)47-30-45-48(41-21-14-13-20-40(41)47)42-27-24-31(2)28-44(42)49(45,6)7/h8-30,32,37H,1H2,2-7H3. The van der Waals surface area contributed by atoms with E-state index < -0.39 is 0 Å². The molecule has 0 fully saturated rings. The van der Waals surface area contributed by atoms with Crippen LogP contribution in [0.3, 0.4) is 0 Å². The van der Waals surface area contributed by atoms with Crippen LogP contribution in [0.15, 0.2) is 140 Å². The van der Waals surface area contributed by atoms with Gasteiger partial charge in [0.1, 0.15) is 0 Å². The number of fused-ring (bicyclic) bond motifs is 5. The highest BCUT2D eigenvalue weighted by atomic mass is 15.1. The summed E-state index contributed by atoms with van der Waals surface area (Å²) in [5, 5.41) is 2.55. The molecule has 0 aromatic heterocycles. The Labute approximate surface area is 297 Å². The summed E-state index contributed by atoms with van der Waals surface area (Å²) in [4.78, 5) is 2.54. The minimum atomic E-state index is -0.147. The summed E-state index contributed by atoms with van der Waals surface area (Å²) >= 11 is 0. The quantitative estimate of drug-likeness (QED) is 0.174. The van der Waals surface area contributed by atoms with Gasteiger partial charge in [-0.2, -0.15) is 0 Å². The predicted octanol–water partition coefficient (Wildman–Crippen LogP) is 13.7. The minimum absolute atomic E-state index is 0.147. The van der Waals surface area contributed by atoms with Gasteiger partial charge in [0.25, 0.3) is 0 Å².